The van der Waals surface area contributed by atoms with E-state index in [9.17, 15) is 57.6 Å². The lowest BCUT2D eigenvalue weighted by Crippen LogP contribution is -2.39. The number of pyridine rings is 1. The Hall–Kier alpha value is -14.3. The van der Waals surface area contributed by atoms with Gasteiger partial charge in [-0.1, -0.05) is 180 Å². The Labute approximate surface area is 864 Å². The molecule has 9 amide bonds. The predicted octanol–water partition coefficient (Wildman–Crippen LogP) is 18.4. The number of sulfone groups is 3. The monoisotopic (exact) mass is 2110 g/mol. The number of urea groups is 4. The minimum Gasteiger partial charge on any atom is -0.361 e. The summed E-state index contributed by atoms with van der Waals surface area (Å²) >= 11 is 7.25. The van der Waals surface area contributed by atoms with E-state index in [2.05, 4.69) is 140 Å². The smallest absolute Gasteiger partial charge is 0.326 e. The van der Waals surface area contributed by atoms with Crippen molar-refractivity contribution >= 4 is 160 Å². The van der Waals surface area contributed by atoms with Crippen LogP contribution in [-0.2, 0) is 80.8 Å². The van der Waals surface area contributed by atoms with Crippen LogP contribution in [0.4, 0.5) is 64.8 Å². The highest BCUT2D eigenvalue weighted by molar-refractivity contribution is 7.92. The molecule has 0 aliphatic carbocycles. The van der Waals surface area contributed by atoms with E-state index in [4.69, 9.17) is 26.9 Å². The first-order valence-corrected chi connectivity index (χ1v) is 56.2. The molecule has 36 nitrogen and oxygen atoms in total. The van der Waals surface area contributed by atoms with E-state index in [1.54, 1.807) is 67.3 Å². The first kappa shape index (κ1) is 107. The van der Waals surface area contributed by atoms with Crippen molar-refractivity contribution in [3.8, 4) is 34.0 Å². The van der Waals surface area contributed by atoms with Crippen molar-refractivity contribution in [2.45, 2.75) is 124 Å². The summed E-state index contributed by atoms with van der Waals surface area (Å²) in [7, 11) is -12.4. The zero-order valence-corrected chi connectivity index (χ0v) is 88.7. The molecule has 147 heavy (non-hydrogen) atoms. The topological polar surface area (TPSA) is 453 Å². The first-order valence-electron chi connectivity index (χ1n) is 47.6. The molecule has 0 saturated carbocycles. The van der Waals surface area contributed by atoms with Crippen LogP contribution in [0.5, 0.6) is 0 Å². The Balaban J connectivity index is 0.000000147. The summed E-state index contributed by atoms with van der Waals surface area (Å²) in [6, 6.07) is 71.5. The number of carbonyl (C=O) groups excluding carboxylic acids is 5. The van der Waals surface area contributed by atoms with Gasteiger partial charge in [-0.2, -0.15) is 20.4 Å². The van der Waals surface area contributed by atoms with Gasteiger partial charge >= 0.3 is 24.1 Å². The van der Waals surface area contributed by atoms with Crippen molar-refractivity contribution in [3.63, 3.8) is 0 Å². The molecule has 3 aliphatic rings. The lowest BCUT2D eigenvalue weighted by atomic mass is 9.92. The Bertz CT molecular complexity index is 7720. The van der Waals surface area contributed by atoms with Crippen molar-refractivity contribution in [2.24, 2.45) is 0 Å². The second-order valence-corrected chi connectivity index (χ2v) is 50.2. The van der Waals surface area contributed by atoms with E-state index < -0.39 is 63.5 Å². The van der Waals surface area contributed by atoms with Crippen molar-refractivity contribution in [1.82, 2.24) is 73.5 Å². The molecule has 3 aliphatic heterocycles. The van der Waals surface area contributed by atoms with E-state index in [0.717, 1.165) is 95.8 Å². The number of H-pyrrole nitrogens is 1. The highest BCUT2D eigenvalue weighted by Crippen LogP contribution is 2.35. The summed E-state index contributed by atoms with van der Waals surface area (Å²) in [5, 5.41) is 46.9. The van der Waals surface area contributed by atoms with E-state index in [1.165, 1.54) is 23.5 Å². The van der Waals surface area contributed by atoms with Gasteiger partial charge in [0.05, 0.1) is 97.5 Å². The number of nitrogens with zero attached hydrogens (tertiary/aromatic N) is 13. The molecule has 0 bridgehead atoms. The molecule has 42 heteroatoms. The van der Waals surface area contributed by atoms with E-state index in [0.29, 0.717) is 115 Å². The number of anilines is 8. The van der Waals surface area contributed by atoms with Gasteiger partial charge in [0.1, 0.15) is 29.1 Å². The Morgan fingerprint density at radius 3 is 1.16 bits per heavy atom. The van der Waals surface area contributed by atoms with Gasteiger partial charge in [-0.3, -0.25) is 51.4 Å². The molecule has 10 N–H and O–H groups in total. The van der Waals surface area contributed by atoms with Gasteiger partial charge in [-0.15, -0.1) is 11.3 Å². The highest BCUT2D eigenvalue weighted by atomic mass is 35.5. The van der Waals surface area contributed by atoms with Crippen LogP contribution in [0.1, 0.15) is 133 Å². The number of aromatic nitrogens is 11. The number of rotatable bonds is 21. The second kappa shape index (κ2) is 45.0. The third-order valence-electron chi connectivity index (χ3n) is 24.1. The molecule has 0 unspecified atom stereocenters. The average molecular weight is 2110 g/mol. The predicted molar refractivity (Wildman–Crippen MR) is 583 cm³/mol. The summed E-state index contributed by atoms with van der Waals surface area (Å²) in [6.07, 6.45) is 2.77. The molecule has 3 fully saturated rings. The third kappa shape index (κ3) is 29.8. The molecule has 18 rings (SSSR count). The maximum absolute atomic E-state index is 12.9. The molecule has 8 aromatic carbocycles. The number of amides is 9. The molecule has 3 saturated heterocycles. The molecule has 770 valence electrons. The summed E-state index contributed by atoms with van der Waals surface area (Å²) in [5.41, 5.74) is 13.7. The molecule has 7 aromatic heterocycles. The fraction of sp³-hybridized carbons (Fsp3) is 0.305. The number of benzene rings is 8. The number of fused-ring (bicyclic) bond motifs is 2. The molecule has 10 heterocycles. The van der Waals surface area contributed by atoms with Crippen LogP contribution in [0.25, 0.3) is 55.8 Å². The Morgan fingerprint density at radius 1 is 0.388 bits per heavy atom. The third-order valence-corrected chi connectivity index (χ3v) is 30.5. The minimum absolute atomic E-state index is 0.169. The van der Waals surface area contributed by atoms with Gasteiger partial charge in [0, 0.05) is 160 Å². The largest absolute Gasteiger partial charge is 0.361 e. The number of nitrogens with one attached hydrogen (secondary N) is 10. The number of sulfonamides is 1. The summed E-state index contributed by atoms with van der Waals surface area (Å²) < 4.78 is 102. The van der Waals surface area contributed by atoms with Crippen LogP contribution in [0.3, 0.4) is 0 Å². The van der Waals surface area contributed by atoms with Crippen LogP contribution < -0.4 is 47.3 Å². The molecular formula is C105H120ClN23O13S5. The molecule has 0 radical (unpaired) electrons. The number of thiazole rings is 1. The van der Waals surface area contributed by atoms with Crippen molar-refractivity contribution in [2.75, 3.05) is 123 Å². The number of carbonyl (C=O) groups is 5. The second-order valence-electron chi connectivity index (χ2n) is 40.2. The summed E-state index contributed by atoms with van der Waals surface area (Å²) in [4.78, 5) is 82.1. The molecule has 0 atom stereocenters. The van der Waals surface area contributed by atoms with Crippen molar-refractivity contribution in [3.05, 3.63) is 298 Å². The number of aromatic amines is 1. The van der Waals surface area contributed by atoms with Crippen LogP contribution in [-0.4, -0.2) is 213 Å². The number of hydrogen-bond donors (Lipinski definition) is 10. The van der Waals surface area contributed by atoms with Gasteiger partial charge in [-0.25, -0.2) is 86.3 Å². The van der Waals surface area contributed by atoms with Gasteiger partial charge in [0.25, 0.3) is 5.91 Å². The van der Waals surface area contributed by atoms with Crippen molar-refractivity contribution in [1.29, 1.82) is 0 Å². The standard InChI is InChI=1S/C28H32N6O3S2.C28H32N6O3S.C27H32N6O3S.C22H24ClN5O4S/c1-28(2,3)24-17-25(30-26(35)31-27-29-23(19-38-27)21-7-5-4-6-8-21)34(32-24)22-11-9-20(10-12-22)18-33-13-15-39(36,37)16-14-33;1-28(2,3)24-18-26(31-27(35)30-25-13-10-21-6-4-5-7-23(21)29-25)34(32-24)22-11-8-20(9-12-22)19-33-14-16-38(36,37)17-15-33;1-27(2,3)24-17-25(30-26(34)29-21-6-9-23-20(16-21)10-11-28-23)33(31-24)22-7-4-19(5-8-22)18-32-12-14-37(35,36)15-13-32;1-22(2,3)18-13-19(25-21(30)24-16-9-7-15(23)8-10-16)28(26-18)17-11-5-14(6-12-17)20(29)27-33(4,31)32/h4-12,17,19H,13-16,18H2,1-3H3,(H2,29,30,31,35);4-13,18H,14-17,19H2,1-3H3,(H2,29,30,31,35);4-11,16-17,28H,12-15,18H2,1-3H3,(H2,29,30,34);5-13H,1-4H3,(H,27,29)(H2,24,25,30). The van der Waals surface area contributed by atoms with Gasteiger partial charge < -0.3 is 15.6 Å². The lowest BCUT2D eigenvalue weighted by molar-refractivity contribution is 0.0981. The van der Waals surface area contributed by atoms with E-state index in [1.807, 2.05) is 213 Å². The van der Waals surface area contributed by atoms with E-state index in [-0.39, 0.29) is 67.8 Å². The SMILES string of the molecule is CC(C)(C)c1cc(NC(=O)Nc2ccc(Cl)cc2)n(-c2ccc(C(=O)NS(C)(=O)=O)cc2)n1.CC(C)(C)c1cc(NC(=O)Nc2ccc3[nH]ccc3c2)n(-c2ccc(CN3CCS(=O)(=O)CC3)cc2)n1.CC(C)(C)c1cc(NC(=O)Nc2ccc3ccccc3n2)n(-c2ccc(CN3CCS(=O)(=O)CC3)cc2)n1.CC(C)(C)c1cc(NC(=O)Nc2nc(-c3ccccc3)cs2)n(-c2ccc(CN3CCS(=O)(=O)CC3)cc2)n1. The van der Waals surface area contributed by atoms with Gasteiger partial charge in [0.15, 0.2) is 34.6 Å². The maximum Gasteiger partial charge on any atom is 0.326 e. The highest BCUT2D eigenvalue weighted by Gasteiger charge is 2.31. The summed E-state index contributed by atoms with van der Waals surface area (Å²) in [5.74, 6) is 3.05. The molecule has 15 aromatic rings. The van der Waals surface area contributed by atoms with Crippen LogP contribution >= 0.6 is 22.9 Å². The summed E-state index contributed by atoms with van der Waals surface area (Å²) in [6.45, 7) is 30.1. The zero-order chi connectivity index (χ0) is 105. The quantitative estimate of drug-likeness (QED) is 0.0319. The molecule has 0 spiro atoms. The van der Waals surface area contributed by atoms with Crippen molar-refractivity contribution < 1.29 is 57.6 Å². The lowest BCUT2D eigenvalue weighted by Gasteiger charge is -2.26. The van der Waals surface area contributed by atoms with E-state index >= 15 is 0 Å². The normalized spacial score (nSPS) is 14.9. The Kier molecular flexibility index (Phi) is 32.7. The van der Waals surface area contributed by atoms with Gasteiger partial charge in [0.2, 0.25) is 10.0 Å². The maximum atomic E-state index is 12.9. The zero-order valence-electron chi connectivity index (χ0n) is 83.8. The van der Waals surface area contributed by atoms with Gasteiger partial charge in [-0.05, 0) is 144 Å². The average Bonchev–Trinajstić information content (AvgIpc) is 1.66. The fourth-order valence-corrected chi connectivity index (χ4v) is 20.9. The van der Waals surface area contributed by atoms with Crippen LogP contribution in [0.15, 0.2) is 248 Å². The number of halogens is 1. The van der Waals surface area contributed by atoms with Crippen LogP contribution in [0, 0.1) is 0 Å². The molecular weight excluding hydrogens is 1990 g/mol. The fourth-order valence-electron chi connectivity index (χ4n) is 15.8. The Morgan fingerprint density at radius 2 is 0.755 bits per heavy atom. The number of hydrogen-bond acceptors (Lipinski definition) is 23. The minimum atomic E-state index is -3.67. The van der Waals surface area contributed by atoms with Crippen LogP contribution in [0.2, 0.25) is 5.02 Å². The number of para-hydroxylation sites is 1. The first-order chi connectivity index (χ1) is 69.5.